The van der Waals surface area contributed by atoms with Crippen LogP contribution in [-0.2, 0) is 9.53 Å². The van der Waals surface area contributed by atoms with E-state index >= 15 is 0 Å². The number of halogens is 1. The molecule has 84 valence electrons. The van der Waals surface area contributed by atoms with Crippen LogP contribution in [0.25, 0.3) is 0 Å². The Labute approximate surface area is 94.8 Å². The first-order valence-corrected chi connectivity index (χ1v) is 5.73. The lowest BCUT2D eigenvalue weighted by Gasteiger charge is -2.29. The molecule has 0 aromatic rings. The third-order valence-electron chi connectivity index (χ3n) is 3.50. The molecule has 1 aliphatic carbocycles. The Hall–Kier alpha value is -0.540. The lowest BCUT2D eigenvalue weighted by atomic mass is 9.87. The van der Waals surface area contributed by atoms with E-state index in [1.54, 1.807) is 0 Å². The maximum atomic E-state index is 11.9. The molecule has 0 radical (unpaired) electrons. The van der Waals surface area contributed by atoms with Gasteiger partial charge in [-0.3, -0.25) is 4.79 Å². The highest BCUT2D eigenvalue weighted by molar-refractivity contribution is 6.19. The summed E-state index contributed by atoms with van der Waals surface area (Å²) in [6, 6.07) is 0. The summed E-state index contributed by atoms with van der Waals surface area (Å²) in [5.74, 6) is 1.30. The van der Waals surface area contributed by atoms with Crippen molar-refractivity contribution in [3.8, 4) is 0 Å². The number of hydrogen-bond donors (Lipinski definition) is 1. The summed E-state index contributed by atoms with van der Waals surface area (Å²) in [5.41, 5.74) is 0.355. The predicted molar refractivity (Wildman–Crippen MR) is 58.8 cm³/mol. The second-order valence-electron chi connectivity index (χ2n) is 4.51. The van der Waals surface area contributed by atoms with Crippen molar-refractivity contribution in [1.82, 2.24) is 5.32 Å². The molecule has 2 aliphatic rings. The fourth-order valence-corrected chi connectivity index (χ4v) is 2.73. The second kappa shape index (κ2) is 3.80. The number of esters is 1. The van der Waals surface area contributed by atoms with Gasteiger partial charge in [0.25, 0.3) is 0 Å². The Balaban J connectivity index is 2.16. The highest BCUT2D eigenvalue weighted by Crippen LogP contribution is 2.53. The van der Waals surface area contributed by atoms with Gasteiger partial charge in [0.2, 0.25) is 0 Å². The number of hydrogen-bond acceptors (Lipinski definition) is 3. The molecule has 15 heavy (non-hydrogen) atoms. The van der Waals surface area contributed by atoms with E-state index in [9.17, 15) is 4.79 Å². The first-order chi connectivity index (χ1) is 7.14. The van der Waals surface area contributed by atoms with Crippen LogP contribution >= 0.6 is 11.6 Å². The van der Waals surface area contributed by atoms with Gasteiger partial charge in [0, 0.05) is 5.88 Å². The number of nitrogens with one attached hydrogen (secondary N) is 1. The van der Waals surface area contributed by atoms with Crippen LogP contribution in [0, 0.1) is 11.8 Å². The molecule has 2 rings (SSSR count). The highest BCUT2D eigenvalue weighted by atomic mass is 35.5. The van der Waals surface area contributed by atoms with Crippen LogP contribution in [0.5, 0.6) is 0 Å². The summed E-state index contributed by atoms with van der Waals surface area (Å²) in [6.07, 6.45) is 1.72. The van der Waals surface area contributed by atoms with E-state index in [4.69, 9.17) is 16.3 Å². The Bertz CT molecular complexity index is 305. The normalized spacial score (nSPS) is 37.2. The third-order valence-corrected chi connectivity index (χ3v) is 3.88. The average Bonchev–Trinajstić information content (AvgIpc) is 2.96. The standard InChI is InChI=1S/C11H16ClNO2/c1-7(5-12)4-11(10(14)15-2)9-3-8(9)6-13-11/h8-9,13H,1,3-6H2,2H3/t8-,9-,11?/m1/s1. The van der Waals surface area contributed by atoms with Crippen LogP contribution in [0.2, 0.25) is 0 Å². The van der Waals surface area contributed by atoms with E-state index in [1.165, 1.54) is 7.11 Å². The highest BCUT2D eigenvalue weighted by Gasteiger charge is 2.62. The van der Waals surface area contributed by atoms with Crippen LogP contribution in [-0.4, -0.2) is 31.0 Å². The SMILES string of the molecule is C=C(CCl)CC1(C(=O)OC)NC[C@H]2C[C@H]21. The number of alkyl halides is 1. The molecule has 0 aromatic heterocycles. The summed E-state index contributed by atoms with van der Waals surface area (Å²) in [5, 5.41) is 3.29. The Morgan fingerprint density at radius 3 is 2.87 bits per heavy atom. The molecule has 3 atom stereocenters. The molecular formula is C11H16ClNO2. The number of fused-ring (bicyclic) bond motifs is 1. The largest absolute Gasteiger partial charge is 0.468 e. The Morgan fingerprint density at radius 2 is 2.47 bits per heavy atom. The molecule has 1 N–H and O–H groups in total. The molecule has 0 bridgehead atoms. The molecule has 1 saturated carbocycles. The van der Waals surface area contributed by atoms with Gasteiger partial charge < -0.3 is 10.1 Å². The molecule has 1 heterocycles. The van der Waals surface area contributed by atoms with Crippen molar-refractivity contribution in [2.75, 3.05) is 19.5 Å². The fourth-order valence-electron chi connectivity index (χ4n) is 2.63. The molecule has 1 unspecified atom stereocenters. The summed E-state index contributed by atoms with van der Waals surface area (Å²) in [6.45, 7) is 4.78. The molecule has 1 aliphatic heterocycles. The first-order valence-electron chi connectivity index (χ1n) is 5.20. The number of ether oxygens (including phenoxy) is 1. The minimum atomic E-state index is -0.536. The van der Waals surface area contributed by atoms with Crippen LogP contribution < -0.4 is 5.32 Å². The number of carbonyl (C=O) groups excluding carboxylic acids is 1. The monoisotopic (exact) mass is 229 g/mol. The van der Waals surface area contributed by atoms with E-state index < -0.39 is 5.54 Å². The van der Waals surface area contributed by atoms with E-state index in [2.05, 4.69) is 11.9 Å². The Kier molecular flexibility index (Phi) is 2.77. The van der Waals surface area contributed by atoms with Crippen molar-refractivity contribution in [3.05, 3.63) is 12.2 Å². The van der Waals surface area contributed by atoms with E-state index in [1.807, 2.05) is 0 Å². The molecule has 0 amide bonds. The second-order valence-corrected chi connectivity index (χ2v) is 4.77. The molecule has 0 aromatic carbocycles. The van der Waals surface area contributed by atoms with Crippen molar-refractivity contribution in [2.24, 2.45) is 11.8 Å². The molecule has 0 spiro atoms. The summed E-state index contributed by atoms with van der Waals surface area (Å²) in [7, 11) is 1.44. The topological polar surface area (TPSA) is 38.3 Å². The summed E-state index contributed by atoms with van der Waals surface area (Å²) in [4.78, 5) is 11.9. The van der Waals surface area contributed by atoms with Gasteiger partial charge in [0.1, 0.15) is 5.54 Å². The maximum Gasteiger partial charge on any atom is 0.326 e. The summed E-state index contributed by atoms with van der Waals surface area (Å²) >= 11 is 5.72. The van der Waals surface area contributed by atoms with Crippen molar-refractivity contribution < 1.29 is 9.53 Å². The smallest absolute Gasteiger partial charge is 0.326 e. The van der Waals surface area contributed by atoms with Gasteiger partial charge in [-0.15, -0.1) is 11.6 Å². The van der Waals surface area contributed by atoms with Crippen molar-refractivity contribution in [3.63, 3.8) is 0 Å². The molecule has 1 saturated heterocycles. The average molecular weight is 230 g/mol. The van der Waals surface area contributed by atoms with Crippen LogP contribution in [0.1, 0.15) is 12.8 Å². The molecular weight excluding hydrogens is 214 g/mol. The number of methoxy groups -OCH3 is 1. The van der Waals surface area contributed by atoms with E-state index in [-0.39, 0.29) is 5.97 Å². The van der Waals surface area contributed by atoms with Gasteiger partial charge in [-0.05, 0) is 31.2 Å². The van der Waals surface area contributed by atoms with E-state index in [0.717, 1.165) is 18.5 Å². The zero-order chi connectivity index (χ0) is 11.1. The van der Waals surface area contributed by atoms with Gasteiger partial charge in [0.15, 0.2) is 0 Å². The minimum Gasteiger partial charge on any atom is -0.468 e. The number of piperidine rings is 1. The van der Waals surface area contributed by atoms with Gasteiger partial charge in [-0.2, -0.15) is 0 Å². The quantitative estimate of drug-likeness (QED) is 0.449. The molecule has 3 nitrogen and oxygen atoms in total. The van der Waals surface area contributed by atoms with Gasteiger partial charge in [0.05, 0.1) is 7.11 Å². The van der Waals surface area contributed by atoms with Crippen LogP contribution in [0.15, 0.2) is 12.2 Å². The van der Waals surface area contributed by atoms with Crippen LogP contribution in [0.4, 0.5) is 0 Å². The molecule has 4 heteroatoms. The predicted octanol–water partition coefficient (Wildman–Crippen LogP) is 1.32. The van der Waals surface area contributed by atoms with Crippen LogP contribution in [0.3, 0.4) is 0 Å². The zero-order valence-corrected chi connectivity index (χ0v) is 9.64. The number of carbonyl (C=O) groups is 1. The zero-order valence-electron chi connectivity index (χ0n) is 8.88. The lowest BCUT2D eigenvalue weighted by Crippen LogP contribution is -2.52. The van der Waals surface area contributed by atoms with Crippen molar-refractivity contribution in [2.45, 2.75) is 18.4 Å². The molecule has 2 fully saturated rings. The first kappa shape index (κ1) is 11.0. The maximum absolute atomic E-state index is 11.9. The van der Waals surface area contributed by atoms with Gasteiger partial charge in [-0.1, -0.05) is 12.2 Å². The minimum absolute atomic E-state index is 0.168. The van der Waals surface area contributed by atoms with Crippen molar-refractivity contribution >= 4 is 17.6 Å². The van der Waals surface area contributed by atoms with Crippen molar-refractivity contribution in [1.29, 1.82) is 0 Å². The van der Waals surface area contributed by atoms with E-state index in [0.29, 0.717) is 24.1 Å². The number of rotatable bonds is 4. The van der Waals surface area contributed by atoms with Gasteiger partial charge >= 0.3 is 5.97 Å². The Morgan fingerprint density at radius 1 is 1.73 bits per heavy atom. The summed E-state index contributed by atoms with van der Waals surface area (Å²) < 4.78 is 4.89. The fraction of sp³-hybridized carbons (Fsp3) is 0.727. The van der Waals surface area contributed by atoms with Gasteiger partial charge in [-0.25, -0.2) is 0 Å². The third kappa shape index (κ3) is 1.68. The lowest BCUT2D eigenvalue weighted by molar-refractivity contribution is -0.149.